The number of nitrogens with zero attached hydrogens (tertiary/aromatic N) is 1. The van der Waals surface area contributed by atoms with Crippen LogP contribution in [0.2, 0.25) is 0 Å². The van der Waals surface area contributed by atoms with E-state index in [0.717, 1.165) is 5.56 Å². The molecule has 1 aliphatic rings. The predicted molar refractivity (Wildman–Crippen MR) is 94.6 cm³/mol. The zero-order valence-electron chi connectivity index (χ0n) is 15.0. The number of hydrogen-bond acceptors (Lipinski definition) is 5. The third kappa shape index (κ3) is 5.98. The molecule has 2 rings (SSSR count). The summed E-state index contributed by atoms with van der Waals surface area (Å²) in [5.41, 5.74) is 0.822. The Bertz CT molecular complexity index is 694. The van der Waals surface area contributed by atoms with Gasteiger partial charge in [0.1, 0.15) is 25.2 Å². The zero-order valence-corrected chi connectivity index (χ0v) is 15.0. The molecular weight excluding hydrogens is 354 g/mol. The van der Waals surface area contributed by atoms with Crippen LogP contribution in [-0.2, 0) is 25.7 Å². The lowest BCUT2D eigenvalue weighted by atomic mass is 10.2. The summed E-state index contributed by atoms with van der Waals surface area (Å²) in [5, 5.41) is 13.6. The van der Waals surface area contributed by atoms with Gasteiger partial charge < -0.3 is 25.4 Å². The molecule has 1 aliphatic heterocycles. The van der Waals surface area contributed by atoms with Crippen LogP contribution in [0.25, 0.3) is 0 Å². The second-order valence-electron chi connectivity index (χ2n) is 6.23. The van der Waals surface area contributed by atoms with Crippen molar-refractivity contribution in [1.82, 2.24) is 15.5 Å². The Labute approximate surface area is 156 Å². The largest absolute Gasteiger partial charge is 0.480 e. The van der Waals surface area contributed by atoms with Gasteiger partial charge in [0.05, 0.1) is 0 Å². The molecule has 1 aromatic rings. The van der Waals surface area contributed by atoms with E-state index in [4.69, 9.17) is 9.84 Å². The Kier molecular flexibility index (Phi) is 7.16. The van der Waals surface area contributed by atoms with Crippen molar-refractivity contribution in [2.24, 2.45) is 0 Å². The lowest BCUT2D eigenvalue weighted by molar-refractivity contribution is -0.143. The molecule has 1 heterocycles. The Morgan fingerprint density at radius 3 is 2.63 bits per heavy atom. The molecule has 9 heteroatoms. The van der Waals surface area contributed by atoms with Crippen LogP contribution in [-0.4, -0.2) is 59.1 Å². The molecule has 3 N–H and O–H groups in total. The molecule has 27 heavy (non-hydrogen) atoms. The topological polar surface area (TPSA) is 125 Å². The number of alkyl carbamates (subject to hydrolysis) is 1. The molecule has 0 spiro atoms. The first kappa shape index (κ1) is 20.2. The second kappa shape index (κ2) is 9.56. The Morgan fingerprint density at radius 1 is 1.26 bits per heavy atom. The maximum atomic E-state index is 12.3. The van der Waals surface area contributed by atoms with E-state index in [2.05, 4.69) is 10.6 Å². The second-order valence-corrected chi connectivity index (χ2v) is 6.23. The van der Waals surface area contributed by atoms with Crippen LogP contribution >= 0.6 is 0 Å². The number of aliphatic carboxylic acids is 1. The van der Waals surface area contributed by atoms with Gasteiger partial charge in [0.15, 0.2) is 0 Å². The maximum Gasteiger partial charge on any atom is 0.407 e. The first-order valence-electron chi connectivity index (χ1n) is 8.65. The van der Waals surface area contributed by atoms with E-state index in [-0.39, 0.29) is 13.2 Å². The summed E-state index contributed by atoms with van der Waals surface area (Å²) in [6.07, 6.45) is 0.346. The summed E-state index contributed by atoms with van der Waals surface area (Å²) in [6, 6.07) is 7.34. The van der Waals surface area contributed by atoms with Gasteiger partial charge in [-0.25, -0.2) is 4.79 Å². The van der Waals surface area contributed by atoms with Crippen LogP contribution in [0.1, 0.15) is 25.3 Å². The predicted octanol–water partition coefficient (Wildman–Crippen LogP) is 0.493. The van der Waals surface area contributed by atoms with Crippen LogP contribution in [0.4, 0.5) is 4.79 Å². The highest BCUT2D eigenvalue weighted by atomic mass is 16.5. The molecule has 1 saturated heterocycles. The quantitative estimate of drug-likeness (QED) is 0.635. The minimum Gasteiger partial charge on any atom is -0.480 e. The number of ether oxygens (including phenoxy) is 1. The van der Waals surface area contributed by atoms with Gasteiger partial charge in [0.25, 0.3) is 0 Å². The maximum absolute atomic E-state index is 12.3. The highest BCUT2D eigenvalue weighted by molar-refractivity contribution is 5.91. The van der Waals surface area contributed by atoms with E-state index < -0.39 is 36.0 Å². The van der Waals surface area contributed by atoms with E-state index in [1.54, 1.807) is 0 Å². The first-order valence-corrected chi connectivity index (χ1v) is 8.65. The fourth-order valence-corrected chi connectivity index (χ4v) is 2.73. The van der Waals surface area contributed by atoms with Crippen molar-refractivity contribution >= 4 is 23.9 Å². The molecule has 0 saturated carbocycles. The van der Waals surface area contributed by atoms with Crippen LogP contribution in [0.3, 0.4) is 0 Å². The monoisotopic (exact) mass is 377 g/mol. The van der Waals surface area contributed by atoms with Gasteiger partial charge in [-0.3, -0.25) is 14.4 Å². The van der Waals surface area contributed by atoms with Gasteiger partial charge in [0, 0.05) is 6.54 Å². The van der Waals surface area contributed by atoms with E-state index in [1.165, 1.54) is 11.8 Å². The highest BCUT2D eigenvalue weighted by Gasteiger charge is 2.35. The lowest BCUT2D eigenvalue weighted by Crippen LogP contribution is -2.51. The molecule has 3 amide bonds. The number of nitrogens with one attached hydrogen (secondary N) is 2. The fraction of sp³-hybridized carbons (Fsp3) is 0.444. The Morgan fingerprint density at radius 2 is 1.96 bits per heavy atom. The molecule has 9 nitrogen and oxygen atoms in total. The number of likely N-dealkylation sites (tertiary alicyclic amines) is 1. The Hall–Kier alpha value is -3.10. The van der Waals surface area contributed by atoms with Crippen molar-refractivity contribution in [3.8, 4) is 0 Å². The van der Waals surface area contributed by atoms with E-state index >= 15 is 0 Å². The van der Waals surface area contributed by atoms with Gasteiger partial charge >= 0.3 is 12.1 Å². The Balaban J connectivity index is 1.79. The van der Waals surface area contributed by atoms with Crippen LogP contribution < -0.4 is 10.6 Å². The smallest absolute Gasteiger partial charge is 0.407 e. The van der Waals surface area contributed by atoms with Crippen LogP contribution in [0.15, 0.2) is 30.3 Å². The van der Waals surface area contributed by atoms with Crippen molar-refractivity contribution in [2.45, 2.75) is 38.5 Å². The summed E-state index contributed by atoms with van der Waals surface area (Å²) in [4.78, 5) is 48.4. The van der Waals surface area contributed by atoms with Crippen molar-refractivity contribution in [1.29, 1.82) is 0 Å². The van der Waals surface area contributed by atoms with Crippen LogP contribution in [0.5, 0.6) is 0 Å². The van der Waals surface area contributed by atoms with Gasteiger partial charge in [-0.05, 0) is 25.3 Å². The number of rotatable bonds is 7. The molecule has 0 aromatic heterocycles. The number of benzene rings is 1. The van der Waals surface area contributed by atoms with Crippen LogP contribution in [0, 0.1) is 0 Å². The zero-order chi connectivity index (χ0) is 19.8. The number of carboxylic acids is 1. The molecule has 0 aliphatic carbocycles. The molecule has 1 fully saturated rings. The first-order chi connectivity index (χ1) is 12.9. The third-order valence-electron chi connectivity index (χ3n) is 4.20. The third-order valence-corrected chi connectivity index (χ3v) is 4.20. The van der Waals surface area contributed by atoms with Gasteiger partial charge in [-0.15, -0.1) is 0 Å². The highest BCUT2D eigenvalue weighted by Crippen LogP contribution is 2.17. The summed E-state index contributed by atoms with van der Waals surface area (Å²) in [7, 11) is 0. The van der Waals surface area contributed by atoms with Gasteiger partial charge in [0.2, 0.25) is 11.8 Å². The van der Waals surface area contributed by atoms with E-state index in [0.29, 0.717) is 19.4 Å². The minimum atomic E-state index is -1.15. The lowest BCUT2D eigenvalue weighted by Gasteiger charge is -2.24. The number of amides is 3. The molecular formula is C18H23N3O6. The number of hydrogen-bond donors (Lipinski definition) is 3. The SMILES string of the molecule is CC(NC(=O)C1CCCN1C(=O)CNC(=O)OCc1ccccc1)C(=O)O. The number of carbonyl (C=O) groups is 4. The van der Waals surface area contributed by atoms with Crippen molar-refractivity contribution in [2.75, 3.05) is 13.1 Å². The molecule has 0 radical (unpaired) electrons. The normalized spacial score (nSPS) is 17.1. The average molecular weight is 377 g/mol. The van der Waals surface area contributed by atoms with Gasteiger partial charge in [-0.2, -0.15) is 0 Å². The number of carboxylic acid groups (broad SMARTS) is 1. The molecule has 0 bridgehead atoms. The molecule has 1 aromatic carbocycles. The minimum absolute atomic E-state index is 0.0860. The molecule has 2 atom stereocenters. The molecule has 146 valence electrons. The van der Waals surface area contributed by atoms with Gasteiger partial charge in [-0.1, -0.05) is 30.3 Å². The fourth-order valence-electron chi connectivity index (χ4n) is 2.73. The van der Waals surface area contributed by atoms with Crippen molar-refractivity contribution in [3.05, 3.63) is 35.9 Å². The average Bonchev–Trinajstić information content (AvgIpc) is 3.15. The van der Waals surface area contributed by atoms with Crippen molar-refractivity contribution < 1.29 is 29.0 Å². The van der Waals surface area contributed by atoms with E-state index in [9.17, 15) is 19.2 Å². The van der Waals surface area contributed by atoms with E-state index in [1.807, 2.05) is 30.3 Å². The van der Waals surface area contributed by atoms with Crippen molar-refractivity contribution in [3.63, 3.8) is 0 Å². The summed E-state index contributed by atoms with van der Waals surface area (Å²) in [5.74, 6) is -2.09. The summed E-state index contributed by atoms with van der Waals surface area (Å²) < 4.78 is 5.03. The number of carbonyl (C=O) groups excluding carboxylic acids is 3. The summed E-state index contributed by atoms with van der Waals surface area (Å²) >= 11 is 0. The molecule has 2 unspecified atom stereocenters. The summed E-state index contributed by atoms with van der Waals surface area (Å²) in [6.45, 7) is 1.51. The standard InChI is InChI=1S/C18H23N3O6/c1-12(17(24)25)20-16(23)14-8-5-9-21(14)15(22)10-19-18(26)27-11-13-6-3-2-4-7-13/h2-4,6-7,12,14H,5,8-11H2,1H3,(H,19,26)(H,20,23)(H,24,25).